The van der Waals surface area contributed by atoms with Crippen molar-refractivity contribution in [3.8, 4) is 5.75 Å². The number of fused-ring (bicyclic) bond motifs is 1. The molecule has 0 bridgehead atoms. The molecule has 1 aliphatic heterocycles. The van der Waals surface area contributed by atoms with Crippen LogP contribution in [0.1, 0.15) is 46.5 Å². The molecule has 0 aromatic heterocycles. The van der Waals surface area contributed by atoms with Gasteiger partial charge in [0.1, 0.15) is 18.4 Å². The van der Waals surface area contributed by atoms with Crippen LogP contribution >= 0.6 is 0 Å². The van der Waals surface area contributed by atoms with Crippen LogP contribution in [0.3, 0.4) is 0 Å². The Morgan fingerprint density at radius 3 is 2.35 bits per heavy atom. The van der Waals surface area contributed by atoms with Crippen LogP contribution in [0.5, 0.6) is 5.75 Å². The van der Waals surface area contributed by atoms with E-state index in [0.29, 0.717) is 11.5 Å². The fraction of sp³-hybridized carbons (Fsp3) is 0.429. The summed E-state index contributed by atoms with van der Waals surface area (Å²) in [6.45, 7) is 4.61. The normalized spacial score (nSPS) is 17.9. The summed E-state index contributed by atoms with van der Waals surface area (Å²) < 4.78 is 5.59. The molecule has 2 amide bonds. The molecule has 0 saturated heterocycles. The predicted molar refractivity (Wildman–Crippen MR) is 144 cm³/mol. The van der Waals surface area contributed by atoms with Crippen LogP contribution in [0.2, 0.25) is 0 Å². The van der Waals surface area contributed by atoms with Crippen molar-refractivity contribution in [1.82, 2.24) is 10.6 Å². The van der Waals surface area contributed by atoms with Crippen molar-refractivity contribution in [2.75, 3.05) is 6.61 Å². The zero-order valence-corrected chi connectivity index (χ0v) is 22.5. The van der Waals surface area contributed by atoms with Crippen molar-refractivity contribution >= 4 is 46.0 Å². The molecule has 1 unspecified atom stereocenters. The summed E-state index contributed by atoms with van der Waals surface area (Å²) in [5, 5.41) is 29.2. The van der Waals surface area contributed by atoms with Gasteiger partial charge in [-0.05, 0) is 35.7 Å². The van der Waals surface area contributed by atoms with Crippen molar-refractivity contribution in [1.29, 1.82) is 0 Å². The van der Waals surface area contributed by atoms with Gasteiger partial charge in [-0.3, -0.25) is 24.0 Å². The van der Waals surface area contributed by atoms with Gasteiger partial charge in [-0.25, -0.2) is 0 Å². The minimum absolute atomic E-state index is 0.0392. The van der Waals surface area contributed by atoms with Crippen molar-refractivity contribution in [3.63, 3.8) is 0 Å². The third kappa shape index (κ3) is 8.01. The van der Waals surface area contributed by atoms with Crippen LogP contribution in [0.4, 0.5) is 0 Å². The third-order valence-corrected chi connectivity index (χ3v) is 6.45. The van der Waals surface area contributed by atoms with Gasteiger partial charge in [0.05, 0.1) is 24.6 Å². The molecule has 12 nitrogen and oxygen atoms in total. The van der Waals surface area contributed by atoms with E-state index in [2.05, 4.69) is 15.8 Å². The van der Waals surface area contributed by atoms with Gasteiger partial charge in [0.25, 0.3) is 5.91 Å². The van der Waals surface area contributed by atoms with Crippen LogP contribution in [-0.4, -0.2) is 69.8 Å². The highest BCUT2D eigenvalue weighted by Gasteiger charge is 2.45. The van der Waals surface area contributed by atoms with Gasteiger partial charge in [0.15, 0.2) is 5.78 Å². The summed E-state index contributed by atoms with van der Waals surface area (Å²) in [7, 11) is 0. The van der Waals surface area contributed by atoms with E-state index in [9.17, 15) is 29.1 Å². The Balaban J connectivity index is 1.63. The second-order valence-electron chi connectivity index (χ2n) is 10.2. The van der Waals surface area contributed by atoms with E-state index in [0.717, 1.165) is 10.8 Å². The average Bonchev–Trinajstić information content (AvgIpc) is 3.31. The summed E-state index contributed by atoms with van der Waals surface area (Å²) in [6, 6.07) is 10.9. The van der Waals surface area contributed by atoms with Crippen LogP contribution in [0.15, 0.2) is 47.6 Å². The van der Waals surface area contributed by atoms with Crippen molar-refractivity contribution in [3.05, 3.63) is 42.5 Å². The van der Waals surface area contributed by atoms with Crippen LogP contribution < -0.4 is 15.4 Å². The summed E-state index contributed by atoms with van der Waals surface area (Å²) >= 11 is 0. The number of nitrogens with one attached hydrogen (secondary N) is 2. The number of Topliss-reactive ketones (excluding diaryl/α,β-unsaturated/α-hetero) is 1. The molecule has 0 saturated carbocycles. The Kier molecular flexibility index (Phi) is 9.81. The number of ether oxygens (including phenoxy) is 1. The molecule has 3 rings (SSSR count). The second-order valence-corrected chi connectivity index (χ2v) is 10.2. The quantitative estimate of drug-likeness (QED) is 0.272. The van der Waals surface area contributed by atoms with E-state index in [-0.39, 0.29) is 25.2 Å². The minimum Gasteiger partial charge on any atom is -0.486 e. The Bertz CT molecular complexity index is 1320. The number of carboxylic acids is 2. The maximum atomic E-state index is 13.2. The maximum Gasteiger partial charge on any atom is 0.305 e. The van der Waals surface area contributed by atoms with Gasteiger partial charge in [0, 0.05) is 12.8 Å². The van der Waals surface area contributed by atoms with E-state index < -0.39 is 60.2 Å². The van der Waals surface area contributed by atoms with Gasteiger partial charge in [-0.2, -0.15) is 0 Å². The summed E-state index contributed by atoms with van der Waals surface area (Å²) in [6.07, 6.45) is -1.25. The Morgan fingerprint density at radius 2 is 1.70 bits per heavy atom. The first-order valence-corrected chi connectivity index (χ1v) is 12.8. The second kappa shape index (κ2) is 13.0. The number of rotatable bonds is 14. The van der Waals surface area contributed by atoms with E-state index >= 15 is 0 Å². The number of nitrogens with zero attached hydrogens (tertiary/aromatic N) is 1. The van der Waals surface area contributed by atoms with Crippen molar-refractivity contribution in [2.24, 2.45) is 11.1 Å². The first kappa shape index (κ1) is 30.1. The number of amides is 2. The smallest absolute Gasteiger partial charge is 0.305 e. The standard InChI is InChI=1S/C28H33N3O9/c1-16(2)26(30-23(33)10-11-24(34)35)21-14-28(3,40-31-21)27(38)29-20(13-25(36)37)22(32)15-39-19-9-8-17-6-4-5-7-18(17)12-19/h4-9,12,16,20,26H,10-11,13-15H2,1-3H3,(H,29,38)(H,30,33)(H,34,35)(H,36,37)/t20-,26-,28?/m0/s1. The van der Waals surface area contributed by atoms with Crippen LogP contribution in [0, 0.1) is 5.92 Å². The van der Waals surface area contributed by atoms with E-state index in [1.165, 1.54) is 6.92 Å². The molecule has 0 fully saturated rings. The molecule has 2 aromatic carbocycles. The summed E-state index contributed by atoms with van der Waals surface area (Å²) in [4.78, 5) is 65.9. The lowest BCUT2D eigenvalue weighted by atomic mass is 9.90. The highest BCUT2D eigenvalue weighted by atomic mass is 16.7. The molecule has 40 heavy (non-hydrogen) atoms. The Morgan fingerprint density at radius 1 is 1.00 bits per heavy atom. The molecule has 0 aliphatic carbocycles. The number of ketones is 1. The number of oxime groups is 1. The maximum absolute atomic E-state index is 13.2. The number of carbonyl (C=O) groups is 5. The number of carbonyl (C=O) groups excluding carboxylic acids is 3. The highest BCUT2D eigenvalue weighted by Crippen LogP contribution is 2.27. The van der Waals surface area contributed by atoms with E-state index in [1.807, 2.05) is 44.2 Å². The lowest BCUT2D eigenvalue weighted by Crippen LogP contribution is -2.53. The monoisotopic (exact) mass is 555 g/mol. The molecule has 1 heterocycles. The molecule has 4 N–H and O–H groups in total. The fourth-order valence-corrected chi connectivity index (χ4v) is 4.20. The molecule has 2 aromatic rings. The van der Waals surface area contributed by atoms with Crippen LogP contribution in [-0.2, 0) is 28.8 Å². The Labute approximate surface area is 230 Å². The van der Waals surface area contributed by atoms with Crippen molar-refractivity contribution < 1.29 is 43.8 Å². The van der Waals surface area contributed by atoms with E-state index in [4.69, 9.17) is 14.7 Å². The van der Waals surface area contributed by atoms with Gasteiger partial charge in [-0.1, -0.05) is 49.3 Å². The van der Waals surface area contributed by atoms with Gasteiger partial charge >= 0.3 is 11.9 Å². The predicted octanol–water partition coefficient (Wildman–Crippen LogP) is 2.29. The number of aliphatic carboxylic acids is 2. The Hall–Kier alpha value is -4.48. The molecular weight excluding hydrogens is 522 g/mol. The van der Waals surface area contributed by atoms with Gasteiger partial charge in [-0.15, -0.1) is 0 Å². The summed E-state index contributed by atoms with van der Waals surface area (Å²) in [5.41, 5.74) is -1.21. The van der Waals surface area contributed by atoms with Crippen molar-refractivity contribution in [2.45, 2.75) is 64.1 Å². The highest BCUT2D eigenvalue weighted by molar-refractivity contribution is 6.01. The molecule has 0 radical (unpaired) electrons. The molecule has 12 heteroatoms. The fourth-order valence-electron chi connectivity index (χ4n) is 4.20. The zero-order chi connectivity index (χ0) is 29.4. The number of hydrogen-bond donors (Lipinski definition) is 4. The number of carboxylic acid groups (broad SMARTS) is 2. The van der Waals surface area contributed by atoms with E-state index in [1.54, 1.807) is 12.1 Å². The lowest BCUT2D eigenvalue weighted by Gasteiger charge is -2.25. The molecule has 214 valence electrons. The average molecular weight is 556 g/mol. The number of benzene rings is 2. The molecule has 0 spiro atoms. The first-order chi connectivity index (χ1) is 18.9. The lowest BCUT2D eigenvalue weighted by molar-refractivity contribution is -0.146. The number of hydrogen-bond acceptors (Lipinski definition) is 8. The zero-order valence-electron chi connectivity index (χ0n) is 22.5. The molecular formula is C28H33N3O9. The minimum atomic E-state index is -1.56. The summed E-state index contributed by atoms with van der Waals surface area (Å²) in [5.74, 6) is -4.01. The first-order valence-electron chi connectivity index (χ1n) is 12.8. The topological polar surface area (TPSA) is 181 Å². The van der Waals surface area contributed by atoms with Gasteiger partial charge < -0.3 is 30.4 Å². The third-order valence-electron chi connectivity index (χ3n) is 6.45. The van der Waals surface area contributed by atoms with Crippen LogP contribution in [0.25, 0.3) is 10.8 Å². The molecule has 3 atom stereocenters. The SMILES string of the molecule is CC(C)[C@H](NC(=O)CCC(=O)O)C1=NOC(C)(C(=O)N[C@@H](CC(=O)O)C(=O)COc2ccc3ccccc3c2)C1. The molecule has 1 aliphatic rings. The largest absolute Gasteiger partial charge is 0.486 e. The van der Waals surface area contributed by atoms with Gasteiger partial charge in [0.2, 0.25) is 11.5 Å².